The molecule has 4 atom stereocenters. The molecule has 102 valence electrons. The molecule has 2 heterocycles. The largest absolute Gasteiger partial charge is 0.457 e. The minimum atomic E-state index is -1.01. The first kappa shape index (κ1) is 12.4. The monoisotopic (exact) mass is 256 g/mol. The number of carbonyl (C=O) groups excluding carboxylic acids is 1. The normalized spacial score (nSPS) is 43.3. The maximum atomic E-state index is 11.2. The molecule has 0 amide bonds. The van der Waals surface area contributed by atoms with Crippen LogP contribution < -0.4 is 0 Å². The van der Waals surface area contributed by atoms with Crippen LogP contribution in [-0.2, 0) is 19.0 Å². The van der Waals surface area contributed by atoms with Crippen LogP contribution in [0.25, 0.3) is 0 Å². The van der Waals surface area contributed by atoms with Crippen molar-refractivity contribution in [3.63, 3.8) is 0 Å². The van der Waals surface area contributed by atoms with Crippen molar-refractivity contribution in [3.05, 3.63) is 0 Å². The molecule has 3 fully saturated rings. The van der Waals surface area contributed by atoms with Crippen molar-refractivity contribution < 1.29 is 24.1 Å². The fourth-order valence-corrected chi connectivity index (χ4v) is 3.28. The minimum absolute atomic E-state index is 0.0915. The quantitative estimate of drug-likeness (QED) is 0.712. The van der Waals surface area contributed by atoms with Crippen LogP contribution in [-0.4, -0.2) is 41.3 Å². The molecule has 2 saturated heterocycles. The van der Waals surface area contributed by atoms with Gasteiger partial charge in [0, 0.05) is 19.3 Å². The standard InChI is InChI=1S/C13H20O5/c1-8-11(10-7-9(14)12(15)16-10)18-13(17-8)5-3-2-4-6-13/h8-11,14H,2-7H2,1H3/t8-,9+,10-,11-/m1/s1. The summed E-state index contributed by atoms with van der Waals surface area (Å²) >= 11 is 0. The Bertz CT molecular complexity index is 336. The molecule has 1 aliphatic carbocycles. The molecule has 18 heavy (non-hydrogen) atoms. The highest BCUT2D eigenvalue weighted by Crippen LogP contribution is 2.42. The van der Waals surface area contributed by atoms with Crippen molar-refractivity contribution >= 4 is 5.97 Å². The molecular formula is C13H20O5. The summed E-state index contributed by atoms with van der Waals surface area (Å²) in [5.74, 6) is -1.01. The zero-order valence-corrected chi connectivity index (χ0v) is 10.6. The van der Waals surface area contributed by atoms with Gasteiger partial charge in [-0.3, -0.25) is 0 Å². The Morgan fingerprint density at radius 3 is 2.56 bits per heavy atom. The first-order chi connectivity index (χ1) is 8.60. The van der Waals surface area contributed by atoms with E-state index in [0.717, 1.165) is 25.7 Å². The van der Waals surface area contributed by atoms with Crippen molar-refractivity contribution in [3.8, 4) is 0 Å². The van der Waals surface area contributed by atoms with Gasteiger partial charge in [-0.1, -0.05) is 6.42 Å². The number of cyclic esters (lactones) is 1. The number of hydrogen-bond donors (Lipinski definition) is 1. The van der Waals surface area contributed by atoms with E-state index in [-0.39, 0.29) is 18.3 Å². The lowest BCUT2D eigenvalue weighted by molar-refractivity contribution is -0.200. The number of aliphatic hydroxyl groups is 1. The molecule has 0 aromatic rings. The summed E-state index contributed by atoms with van der Waals surface area (Å²) < 4.78 is 17.2. The van der Waals surface area contributed by atoms with Gasteiger partial charge in [0.1, 0.15) is 12.2 Å². The van der Waals surface area contributed by atoms with E-state index in [1.54, 1.807) is 0 Å². The van der Waals surface area contributed by atoms with Crippen LogP contribution >= 0.6 is 0 Å². The first-order valence-corrected chi connectivity index (χ1v) is 6.84. The topological polar surface area (TPSA) is 65.0 Å². The van der Waals surface area contributed by atoms with Crippen molar-refractivity contribution in [2.45, 2.75) is 75.7 Å². The van der Waals surface area contributed by atoms with Crippen molar-refractivity contribution in [2.75, 3.05) is 0 Å². The van der Waals surface area contributed by atoms with E-state index in [0.29, 0.717) is 6.42 Å². The molecule has 0 radical (unpaired) electrons. The summed E-state index contributed by atoms with van der Waals surface area (Å²) in [7, 11) is 0. The van der Waals surface area contributed by atoms with Gasteiger partial charge in [-0.15, -0.1) is 0 Å². The van der Waals surface area contributed by atoms with Gasteiger partial charge in [-0.25, -0.2) is 4.79 Å². The van der Waals surface area contributed by atoms with E-state index in [1.165, 1.54) is 6.42 Å². The van der Waals surface area contributed by atoms with Crippen LogP contribution in [0.2, 0.25) is 0 Å². The second kappa shape index (κ2) is 4.47. The van der Waals surface area contributed by atoms with E-state index >= 15 is 0 Å². The van der Waals surface area contributed by atoms with Gasteiger partial charge in [0.05, 0.1) is 6.10 Å². The molecule has 0 aromatic carbocycles. The van der Waals surface area contributed by atoms with Crippen molar-refractivity contribution in [1.29, 1.82) is 0 Å². The highest BCUT2D eigenvalue weighted by atomic mass is 16.8. The molecule has 3 aliphatic rings. The second-order valence-corrected chi connectivity index (χ2v) is 5.60. The number of carbonyl (C=O) groups is 1. The summed E-state index contributed by atoms with van der Waals surface area (Å²) in [5, 5.41) is 9.45. The van der Waals surface area contributed by atoms with Crippen LogP contribution in [0, 0.1) is 0 Å². The Kier molecular flexibility index (Phi) is 3.08. The van der Waals surface area contributed by atoms with Crippen LogP contribution in [0.5, 0.6) is 0 Å². The molecule has 0 bridgehead atoms. The number of ether oxygens (including phenoxy) is 3. The lowest BCUT2D eigenvalue weighted by atomic mass is 9.94. The Hall–Kier alpha value is -0.650. The Balaban J connectivity index is 1.69. The maximum Gasteiger partial charge on any atom is 0.335 e. The van der Waals surface area contributed by atoms with Crippen LogP contribution in [0.15, 0.2) is 0 Å². The van der Waals surface area contributed by atoms with Gasteiger partial charge in [0.25, 0.3) is 0 Å². The number of rotatable bonds is 1. The third-order valence-corrected chi connectivity index (χ3v) is 4.19. The fraction of sp³-hybridized carbons (Fsp3) is 0.923. The van der Waals surface area contributed by atoms with Crippen LogP contribution in [0.4, 0.5) is 0 Å². The second-order valence-electron chi connectivity index (χ2n) is 5.60. The fourth-order valence-electron chi connectivity index (χ4n) is 3.28. The van der Waals surface area contributed by atoms with Crippen molar-refractivity contribution in [2.24, 2.45) is 0 Å². The number of esters is 1. The summed E-state index contributed by atoms with van der Waals surface area (Å²) in [5.41, 5.74) is 0. The Morgan fingerprint density at radius 1 is 1.22 bits per heavy atom. The maximum absolute atomic E-state index is 11.2. The molecule has 1 spiro atoms. The van der Waals surface area contributed by atoms with Gasteiger partial charge in [0.15, 0.2) is 11.9 Å². The van der Waals surface area contributed by atoms with Gasteiger partial charge < -0.3 is 19.3 Å². The van der Waals surface area contributed by atoms with E-state index in [2.05, 4.69) is 0 Å². The Morgan fingerprint density at radius 2 is 1.94 bits per heavy atom. The highest BCUT2D eigenvalue weighted by Gasteiger charge is 2.52. The van der Waals surface area contributed by atoms with Gasteiger partial charge in [-0.05, 0) is 19.8 Å². The smallest absolute Gasteiger partial charge is 0.335 e. The van der Waals surface area contributed by atoms with Crippen LogP contribution in [0.3, 0.4) is 0 Å². The molecule has 2 aliphatic heterocycles. The van der Waals surface area contributed by atoms with E-state index in [4.69, 9.17) is 14.2 Å². The first-order valence-electron chi connectivity index (χ1n) is 6.84. The minimum Gasteiger partial charge on any atom is -0.457 e. The van der Waals surface area contributed by atoms with Gasteiger partial charge in [0.2, 0.25) is 0 Å². The van der Waals surface area contributed by atoms with Gasteiger partial charge in [-0.2, -0.15) is 0 Å². The molecule has 3 rings (SSSR count). The van der Waals surface area contributed by atoms with Crippen LogP contribution in [0.1, 0.15) is 45.4 Å². The van der Waals surface area contributed by atoms with Crippen molar-refractivity contribution in [1.82, 2.24) is 0 Å². The van der Waals surface area contributed by atoms with E-state index in [9.17, 15) is 9.90 Å². The zero-order valence-electron chi connectivity index (χ0n) is 10.6. The van der Waals surface area contributed by atoms with E-state index < -0.39 is 17.9 Å². The highest BCUT2D eigenvalue weighted by molar-refractivity contribution is 5.76. The van der Waals surface area contributed by atoms with Gasteiger partial charge >= 0.3 is 5.97 Å². The molecule has 1 N–H and O–H groups in total. The average molecular weight is 256 g/mol. The third-order valence-electron chi connectivity index (χ3n) is 4.19. The molecule has 5 heteroatoms. The lowest BCUT2D eigenvalue weighted by Crippen LogP contribution is -2.36. The molecule has 5 nitrogen and oxygen atoms in total. The molecular weight excluding hydrogens is 236 g/mol. The molecule has 0 unspecified atom stereocenters. The SMILES string of the molecule is C[C@H]1OC2(CCCCC2)O[C@H]1[C@H]1C[C@H](O)C(=O)O1. The third kappa shape index (κ3) is 2.04. The average Bonchev–Trinajstić information content (AvgIpc) is 2.82. The molecule has 1 saturated carbocycles. The van der Waals surface area contributed by atoms with E-state index in [1.807, 2.05) is 6.92 Å². The molecule has 0 aromatic heterocycles. The predicted octanol–water partition coefficient (Wildman–Crippen LogP) is 1.13. The number of hydrogen-bond acceptors (Lipinski definition) is 5. The lowest BCUT2D eigenvalue weighted by Gasteiger charge is -2.32. The summed E-state index contributed by atoms with van der Waals surface area (Å²) in [6, 6.07) is 0. The number of aliphatic hydroxyl groups excluding tert-OH is 1. The Labute approximate surface area is 106 Å². The predicted molar refractivity (Wildman–Crippen MR) is 61.7 cm³/mol. The summed E-state index contributed by atoms with van der Waals surface area (Å²) in [6.45, 7) is 1.95. The summed E-state index contributed by atoms with van der Waals surface area (Å²) in [6.07, 6.45) is 3.89. The summed E-state index contributed by atoms with van der Waals surface area (Å²) in [4.78, 5) is 11.2. The zero-order chi connectivity index (χ0) is 12.8.